The first-order chi connectivity index (χ1) is 8.33. The van der Waals surface area contributed by atoms with Gasteiger partial charge in [-0.25, -0.2) is 4.79 Å². The molecule has 0 aromatic carbocycles. The molecule has 1 saturated heterocycles. The van der Waals surface area contributed by atoms with Gasteiger partial charge in [-0.15, -0.1) is 0 Å². The van der Waals surface area contributed by atoms with Crippen LogP contribution in [-0.2, 0) is 0 Å². The summed E-state index contributed by atoms with van der Waals surface area (Å²) in [6, 6.07) is 0.731. The maximum Gasteiger partial charge on any atom is 0.317 e. The summed E-state index contributed by atoms with van der Waals surface area (Å²) in [6.07, 6.45) is 10.0. The molecule has 2 atom stereocenters. The maximum absolute atomic E-state index is 12.1. The highest BCUT2D eigenvalue weighted by atomic mass is 16.2. The average molecular weight is 238 g/mol. The van der Waals surface area contributed by atoms with E-state index in [0.717, 1.165) is 31.8 Å². The Morgan fingerprint density at radius 3 is 2.82 bits per heavy atom. The Morgan fingerprint density at radius 2 is 2.00 bits per heavy atom. The predicted octanol–water partition coefficient (Wildman–Crippen LogP) is 3.15. The van der Waals surface area contributed by atoms with Crippen LogP contribution in [0, 0.1) is 5.92 Å². The molecule has 0 radical (unpaired) electrons. The largest absolute Gasteiger partial charge is 0.338 e. The molecule has 0 bridgehead atoms. The van der Waals surface area contributed by atoms with Crippen LogP contribution in [0.2, 0.25) is 0 Å². The molecule has 1 N–H and O–H groups in total. The van der Waals surface area contributed by atoms with Gasteiger partial charge in [0.2, 0.25) is 0 Å². The lowest BCUT2D eigenvalue weighted by Crippen LogP contribution is -2.53. The van der Waals surface area contributed by atoms with Crippen molar-refractivity contribution in [3.63, 3.8) is 0 Å². The van der Waals surface area contributed by atoms with E-state index in [1.54, 1.807) is 0 Å². The van der Waals surface area contributed by atoms with Gasteiger partial charge in [0.25, 0.3) is 0 Å². The molecule has 0 aromatic heterocycles. The molecule has 1 heterocycles. The van der Waals surface area contributed by atoms with Crippen LogP contribution in [0.4, 0.5) is 4.79 Å². The quantitative estimate of drug-likeness (QED) is 0.753. The van der Waals surface area contributed by atoms with Gasteiger partial charge in [0.1, 0.15) is 0 Å². The minimum atomic E-state index is 0.190. The van der Waals surface area contributed by atoms with Crippen molar-refractivity contribution in [3.8, 4) is 0 Å². The third-order valence-corrected chi connectivity index (χ3v) is 4.31. The summed E-state index contributed by atoms with van der Waals surface area (Å²) in [6.45, 7) is 3.96. The lowest BCUT2D eigenvalue weighted by Gasteiger charge is -2.44. The zero-order valence-corrected chi connectivity index (χ0v) is 11.1. The SMILES string of the molecule is CCCCNC(=O)N1CCC[C@H]2CCCC[C@H]21. The van der Waals surface area contributed by atoms with Crippen molar-refractivity contribution >= 4 is 6.03 Å². The minimum Gasteiger partial charge on any atom is -0.338 e. The van der Waals surface area contributed by atoms with Crippen molar-refractivity contribution in [3.05, 3.63) is 0 Å². The van der Waals surface area contributed by atoms with Crippen LogP contribution >= 0.6 is 0 Å². The highest BCUT2D eigenvalue weighted by Crippen LogP contribution is 2.35. The molecule has 1 aliphatic carbocycles. The fourth-order valence-corrected chi connectivity index (χ4v) is 3.35. The number of hydrogen-bond donors (Lipinski definition) is 1. The molecule has 0 aromatic rings. The number of nitrogens with zero attached hydrogens (tertiary/aromatic N) is 1. The van der Waals surface area contributed by atoms with Crippen molar-refractivity contribution in [2.45, 2.75) is 64.3 Å². The van der Waals surface area contributed by atoms with Crippen LogP contribution in [-0.4, -0.2) is 30.1 Å². The van der Waals surface area contributed by atoms with Crippen LogP contribution in [0.1, 0.15) is 58.3 Å². The Bertz CT molecular complexity index is 253. The van der Waals surface area contributed by atoms with Crippen molar-refractivity contribution < 1.29 is 4.79 Å². The molecule has 3 nitrogen and oxygen atoms in total. The summed E-state index contributed by atoms with van der Waals surface area (Å²) < 4.78 is 0. The van der Waals surface area contributed by atoms with Crippen LogP contribution in [0.5, 0.6) is 0 Å². The lowest BCUT2D eigenvalue weighted by molar-refractivity contribution is 0.0842. The molecule has 2 fully saturated rings. The topological polar surface area (TPSA) is 32.3 Å². The van der Waals surface area contributed by atoms with Gasteiger partial charge in [-0.2, -0.15) is 0 Å². The molecular weight excluding hydrogens is 212 g/mol. The molecule has 2 rings (SSSR count). The summed E-state index contributed by atoms with van der Waals surface area (Å²) in [5.41, 5.74) is 0. The van der Waals surface area contributed by atoms with Gasteiger partial charge >= 0.3 is 6.03 Å². The number of urea groups is 1. The number of carbonyl (C=O) groups excluding carboxylic acids is 1. The fourth-order valence-electron chi connectivity index (χ4n) is 3.35. The molecule has 0 unspecified atom stereocenters. The van der Waals surface area contributed by atoms with E-state index in [9.17, 15) is 4.79 Å². The second kappa shape index (κ2) is 6.27. The number of nitrogens with one attached hydrogen (secondary N) is 1. The number of hydrogen-bond acceptors (Lipinski definition) is 1. The first-order valence-corrected chi connectivity index (χ1v) is 7.37. The average Bonchev–Trinajstić information content (AvgIpc) is 2.38. The van der Waals surface area contributed by atoms with Crippen molar-refractivity contribution in [1.29, 1.82) is 0 Å². The zero-order chi connectivity index (χ0) is 12.1. The van der Waals surface area contributed by atoms with Gasteiger partial charge in [-0.1, -0.05) is 26.2 Å². The summed E-state index contributed by atoms with van der Waals surface area (Å²) in [7, 11) is 0. The lowest BCUT2D eigenvalue weighted by atomic mass is 9.78. The first-order valence-electron chi connectivity index (χ1n) is 7.37. The number of fused-ring (bicyclic) bond motifs is 1. The Balaban J connectivity index is 1.87. The monoisotopic (exact) mass is 238 g/mol. The van der Waals surface area contributed by atoms with Gasteiger partial charge in [-0.05, 0) is 38.0 Å². The molecule has 3 heteroatoms. The zero-order valence-electron chi connectivity index (χ0n) is 11.1. The van der Waals surface area contributed by atoms with Crippen LogP contribution < -0.4 is 5.32 Å². The van der Waals surface area contributed by atoms with Crippen LogP contribution in [0.25, 0.3) is 0 Å². The standard InChI is InChI=1S/C14H26N2O/c1-2-3-10-15-14(17)16-11-6-8-12-7-4-5-9-13(12)16/h12-13H,2-11H2,1H3,(H,15,17)/t12-,13-/m1/s1. The molecule has 2 aliphatic rings. The Hall–Kier alpha value is -0.730. The molecule has 2 amide bonds. The molecule has 17 heavy (non-hydrogen) atoms. The summed E-state index contributed by atoms with van der Waals surface area (Å²) >= 11 is 0. The van der Waals surface area contributed by atoms with Crippen LogP contribution in [0.15, 0.2) is 0 Å². The maximum atomic E-state index is 12.1. The molecular formula is C14H26N2O. The number of amides is 2. The highest BCUT2D eigenvalue weighted by molar-refractivity contribution is 5.74. The summed E-state index contributed by atoms with van der Waals surface area (Å²) in [5, 5.41) is 3.07. The number of carbonyl (C=O) groups is 1. The van der Waals surface area contributed by atoms with E-state index in [-0.39, 0.29) is 6.03 Å². The predicted molar refractivity (Wildman–Crippen MR) is 70.0 cm³/mol. The van der Waals surface area contributed by atoms with Crippen LogP contribution in [0.3, 0.4) is 0 Å². The summed E-state index contributed by atoms with van der Waals surface area (Å²) in [4.78, 5) is 14.3. The molecule has 0 spiro atoms. The Morgan fingerprint density at radius 1 is 1.24 bits per heavy atom. The fraction of sp³-hybridized carbons (Fsp3) is 0.929. The van der Waals surface area contributed by atoms with Crippen molar-refractivity contribution in [2.75, 3.05) is 13.1 Å². The van der Waals surface area contributed by atoms with Gasteiger partial charge in [0.15, 0.2) is 0 Å². The Kier molecular flexibility index (Phi) is 4.69. The molecule has 1 aliphatic heterocycles. The van der Waals surface area contributed by atoms with E-state index in [1.807, 2.05) is 0 Å². The van der Waals surface area contributed by atoms with Crippen molar-refractivity contribution in [1.82, 2.24) is 10.2 Å². The first kappa shape index (κ1) is 12.7. The van der Waals surface area contributed by atoms with E-state index in [1.165, 1.54) is 38.5 Å². The normalized spacial score (nSPS) is 28.6. The van der Waals surface area contributed by atoms with Crippen molar-refractivity contribution in [2.24, 2.45) is 5.92 Å². The van der Waals surface area contributed by atoms with Gasteiger partial charge < -0.3 is 10.2 Å². The van der Waals surface area contributed by atoms with E-state index in [4.69, 9.17) is 0 Å². The molecule has 98 valence electrons. The van der Waals surface area contributed by atoms with Gasteiger partial charge in [-0.3, -0.25) is 0 Å². The third kappa shape index (κ3) is 3.14. The van der Waals surface area contributed by atoms with E-state index in [2.05, 4.69) is 17.1 Å². The molecule has 1 saturated carbocycles. The van der Waals surface area contributed by atoms with E-state index >= 15 is 0 Å². The Labute approximate surface area is 105 Å². The number of likely N-dealkylation sites (tertiary alicyclic amines) is 1. The third-order valence-electron chi connectivity index (χ3n) is 4.31. The van der Waals surface area contributed by atoms with E-state index < -0.39 is 0 Å². The van der Waals surface area contributed by atoms with Gasteiger partial charge in [0.05, 0.1) is 0 Å². The minimum absolute atomic E-state index is 0.190. The highest BCUT2D eigenvalue weighted by Gasteiger charge is 2.35. The number of unbranched alkanes of at least 4 members (excludes halogenated alkanes) is 1. The second-order valence-corrected chi connectivity index (χ2v) is 5.53. The number of piperidine rings is 1. The van der Waals surface area contributed by atoms with E-state index in [0.29, 0.717) is 6.04 Å². The number of rotatable bonds is 3. The van der Waals surface area contributed by atoms with Gasteiger partial charge in [0, 0.05) is 19.1 Å². The second-order valence-electron chi connectivity index (χ2n) is 5.53. The smallest absolute Gasteiger partial charge is 0.317 e. The summed E-state index contributed by atoms with van der Waals surface area (Å²) in [5.74, 6) is 0.787.